The molecule has 1 aromatic rings. The van der Waals surface area contributed by atoms with Crippen LogP contribution >= 0.6 is 0 Å². The van der Waals surface area contributed by atoms with E-state index in [9.17, 15) is 4.79 Å². The average molecular weight is 208 g/mol. The molecule has 0 amide bonds. The van der Waals surface area contributed by atoms with Crippen molar-refractivity contribution in [3.8, 4) is 0 Å². The molecule has 1 atom stereocenters. The zero-order valence-corrected chi connectivity index (χ0v) is 9.28. The Balaban J connectivity index is 2.88. The highest BCUT2D eigenvalue weighted by molar-refractivity contribution is 5.72. The number of aryl methyl sites for hydroxylation is 1. The second-order valence-electron chi connectivity index (χ2n) is 3.63. The van der Waals surface area contributed by atoms with Gasteiger partial charge in [-0.1, -0.05) is 18.2 Å². The summed E-state index contributed by atoms with van der Waals surface area (Å²) in [5.74, 6) is -0.918. The van der Waals surface area contributed by atoms with Gasteiger partial charge in [-0.3, -0.25) is 0 Å². The van der Waals surface area contributed by atoms with Crippen molar-refractivity contribution in [1.29, 1.82) is 0 Å². The summed E-state index contributed by atoms with van der Waals surface area (Å²) in [5.41, 5.74) is 3.35. The van der Waals surface area contributed by atoms with Crippen molar-refractivity contribution in [3.05, 3.63) is 34.9 Å². The first-order chi connectivity index (χ1) is 7.06. The van der Waals surface area contributed by atoms with Crippen molar-refractivity contribution >= 4 is 5.97 Å². The number of rotatable bonds is 4. The van der Waals surface area contributed by atoms with E-state index in [2.05, 4.69) is 0 Å². The minimum atomic E-state index is -0.918. The standard InChI is InChI=1S/C12H16O3/c1-8-5-4-6-10(9(8)2)7-11(15-3)12(13)14/h4-6,11H,7H2,1-3H3,(H,13,14)/t11-/m1/s1. The third-order valence-electron chi connectivity index (χ3n) is 2.68. The molecule has 15 heavy (non-hydrogen) atoms. The average Bonchev–Trinajstić information content (AvgIpc) is 2.19. The molecule has 0 aliphatic heterocycles. The van der Waals surface area contributed by atoms with Gasteiger partial charge >= 0.3 is 5.97 Å². The predicted molar refractivity (Wildman–Crippen MR) is 58.1 cm³/mol. The molecule has 3 nitrogen and oxygen atoms in total. The summed E-state index contributed by atoms with van der Waals surface area (Å²) in [7, 11) is 1.42. The molecule has 0 saturated carbocycles. The summed E-state index contributed by atoms with van der Waals surface area (Å²) in [6.07, 6.45) is -0.343. The number of carboxylic acids is 1. The number of hydrogen-bond donors (Lipinski definition) is 1. The minimum Gasteiger partial charge on any atom is -0.479 e. The van der Waals surface area contributed by atoms with Crippen molar-refractivity contribution in [2.45, 2.75) is 26.4 Å². The topological polar surface area (TPSA) is 46.5 Å². The van der Waals surface area contributed by atoms with Gasteiger partial charge in [-0.15, -0.1) is 0 Å². The van der Waals surface area contributed by atoms with Crippen LogP contribution in [0.3, 0.4) is 0 Å². The van der Waals surface area contributed by atoms with Crippen LogP contribution in [0.15, 0.2) is 18.2 Å². The lowest BCUT2D eigenvalue weighted by Crippen LogP contribution is -2.25. The fraction of sp³-hybridized carbons (Fsp3) is 0.417. The van der Waals surface area contributed by atoms with Gasteiger partial charge in [0.2, 0.25) is 0 Å². The molecule has 0 aliphatic rings. The number of carboxylic acid groups (broad SMARTS) is 1. The van der Waals surface area contributed by atoms with E-state index in [1.165, 1.54) is 12.7 Å². The largest absolute Gasteiger partial charge is 0.479 e. The molecule has 1 aromatic carbocycles. The molecule has 0 spiro atoms. The lowest BCUT2D eigenvalue weighted by Gasteiger charge is -2.13. The summed E-state index contributed by atoms with van der Waals surface area (Å²) in [5, 5.41) is 8.87. The van der Waals surface area contributed by atoms with Crippen LogP contribution in [0.1, 0.15) is 16.7 Å². The van der Waals surface area contributed by atoms with Gasteiger partial charge in [0.1, 0.15) is 0 Å². The van der Waals surface area contributed by atoms with Crippen LogP contribution < -0.4 is 0 Å². The smallest absolute Gasteiger partial charge is 0.333 e. The Kier molecular flexibility index (Phi) is 3.86. The van der Waals surface area contributed by atoms with Crippen LogP contribution in [0, 0.1) is 13.8 Å². The van der Waals surface area contributed by atoms with Crippen molar-refractivity contribution in [2.75, 3.05) is 7.11 Å². The molecular weight excluding hydrogens is 192 g/mol. The van der Waals surface area contributed by atoms with Crippen LogP contribution in [0.4, 0.5) is 0 Å². The number of methoxy groups -OCH3 is 1. The molecule has 0 bridgehead atoms. The fourth-order valence-corrected chi connectivity index (χ4v) is 1.50. The second-order valence-corrected chi connectivity index (χ2v) is 3.63. The normalized spacial score (nSPS) is 12.5. The highest BCUT2D eigenvalue weighted by Gasteiger charge is 2.17. The molecule has 0 fully saturated rings. The predicted octanol–water partition coefficient (Wildman–Crippen LogP) is 1.95. The first kappa shape index (κ1) is 11.7. The number of ether oxygens (including phenoxy) is 1. The van der Waals surface area contributed by atoms with Crippen molar-refractivity contribution in [2.24, 2.45) is 0 Å². The lowest BCUT2D eigenvalue weighted by molar-refractivity contribution is -0.148. The van der Waals surface area contributed by atoms with E-state index >= 15 is 0 Å². The molecule has 1 rings (SSSR count). The van der Waals surface area contributed by atoms with Crippen LogP contribution in [-0.4, -0.2) is 24.3 Å². The number of carbonyl (C=O) groups is 1. The van der Waals surface area contributed by atoms with E-state index in [-0.39, 0.29) is 0 Å². The van der Waals surface area contributed by atoms with E-state index in [1.807, 2.05) is 32.0 Å². The van der Waals surface area contributed by atoms with E-state index in [0.717, 1.165) is 11.1 Å². The molecule has 3 heteroatoms. The Morgan fingerprint density at radius 1 is 1.47 bits per heavy atom. The van der Waals surface area contributed by atoms with Crippen molar-refractivity contribution in [3.63, 3.8) is 0 Å². The van der Waals surface area contributed by atoms with Gasteiger partial charge in [0.15, 0.2) is 6.10 Å². The van der Waals surface area contributed by atoms with Gasteiger partial charge in [0, 0.05) is 13.5 Å². The van der Waals surface area contributed by atoms with E-state index in [0.29, 0.717) is 6.42 Å². The SMILES string of the molecule is CO[C@H](Cc1cccc(C)c1C)C(=O)O. The van der Waals surface area contributed by atoms with Crippen molar-refractivity contribution < 1.29 is 14.6 Å². The monoisotopic (exact) mass is 208 g/mol. The molecule has 0 saturated heterocycles. The third kappa shape index (κ3) is 2.80. The van der Waals surface area contributed by atoms with Gasteiger partial charge < -0.3 is 9.84 Å². The first-order valence-electron chi connectivity index (χ1n) is 4.87. The fourth-order valence-electron chi connectivity index (χ4n) is 1.50. The maximum absolute atomic E-state index is 10.8. The van der Waals surface area contributed by atoms with Crippen LogP contribution in [0.2, 0.25) is 0 Å². The highest BCUT2D eigenvalue weighted by Crippen LogP contribution is 2.15. The van der Waals surface area contributed by atoms with Gasteiger partial charge in [-0.05, 0) is 30.5 Å². The van der Waals surface area contributed by atoms with Gasteiger partial charge in [-0.2, -0.15) is 0 Å². The maximum atomic E-state index is 10.8. The Hall–Kier alpha value is -1.35. The number of benzene rings is 1. The molecule has 0 heterocycles. The van der Waals surface area contributed by atoms with Gasteiger partial charge in [-0.25, -0.2) is 4.79 Å². The Morgan fingerprint density at radius 3 is 2.67 bits per heavy atom. The third-order valence-corrected chi connectivity index (χ3v) is 2.68. The summed E-state index contributed by atoms with van der Waals surface area (Å²) in [6.45, 7) is 4.01. The number of hydrogen-bond acceptors (Lipinski definition) is 2. The van der Waals surface area contributed by atoms with E-state index in [1.54, 1.807) is 0 Å². The van der Waals surface area contributed by atoms with E-state index < -0.39 is 12.1 Å². The highest BCUT2D eigenvalue weighted by atomic mass is 16.5. The zero-order valence-electron chi connectivity index (χ0n) is 9.28. The molecule has 0 aliphatic carbocycles. The minimum absolute atomic E-state index is 0.416. The Morgan fingerprint density at radius 2 is 2.13 bits per heavy atom. The molecule has 0 unspecified atom stereocenters. The van der Waals surface area contributed by atoms with E-state index in [4.69, 9.17) is 9.84 Å². The lowest BCUT2D eigenvalue weighted by atomic mass is 9.99. The molecule has 82 valence electrons. The van der Waals surface area contributed by atoms with Crippen LogP contribution in [0.25, 0.3) is 0 Å². The molecule has 0 aromatic heterocycles. The van der Waals surface area contributed by atoms with Crippen molar-refractivity contribution in [1.82, 2.24) is 0 Å². The molecule has 0 radical (unpaired) electrons. The van der Waals surface area contributed by atoms with Crippen LogP contribution in [-0.2, 0) is 16.0 Å². The summed E-state index contributed by atoms with van der Waals surface area (Å²) >= 11 is 0. The Bertz CT molecular complexity index is 358. The summed E-state index contributed by atoms with van der Waals surface area (Å²) in [6, 6.07) is 5.89. The summed E-state index contributed by atoms with van der Waals surface area (Å²) in [4.78, 5) is 10.8. The quantitative estimate of drug-likeness (QED) is 0.822. The van der Waals surface area contributed by atoms with Gasteiger partial charge in [0.25, 0.3) is 0 Å². The number of aliphatic carboxylic acids is 1. The zero-order chi connectivity index (χ0) is 11.4. The molecular formula is C12H16O3. The molecule has 1 N–H and O–H groups in total. The van der Waals surface area contributed by atoms with Gasteiger partial charge in [0.05, 0.1) is 0 Å². The maximum Gasteiger partial charge on any atom is 0.333 e. The second kappa shape index (κ2) is 4.94. The summed E-state index contributed by atoms with van der Waals surface area (Å²) < 4.78 is 4.91. The van der Waals surface area contributed by atoms with Crippen LogP contribution in [0.5, 0.6) is 0 Å². The first-order valence-corrected chi connectivity index (χ1v) is 4.87. The Labute approximate surface area is 89.7 Å².